The van der Waals surface area contributed by atoms with Gasteiger partial charge < -0.3 is 5.32 Å². The lowest BCUT2D eigenvalue weighted by Gasteiger charge is -2.10. The molecule has 0 unspecified atom stereocenters. The van der Waals surface area contributed by atoms with Crippen LogP contribution in [0.25, 0.3) is 16.7 Å². The number of hydrogen-bond acceptors (Lipinski definition) is 4. The van der Waals surface area contributed by atoms with Crippen LogP contribution in [0.4, 0.5) is 13.2 Å². The van der Waals surface area contributed by atoms with Crippen molar-refractivity contribution in [3.8, 4) is 5.69 Å². The summed E-state index contributed by atoms with van der Waals surface area (Å²) in [7, 11) is 0. The summed E-state index contributed by atoms with van der Waals surface area (Å²) in [5.41, 5.74) is -0.382. The van der Waals surface area contributed by atoms with Gasteiger partial charge in [-0.1, -0.05) is 29.8 Å². The number of carbonyl (C=O) groups excluding carboxylic acids is 1. The van der Waals surface area contributed by atoms with E-state index >= 15 is 0 Å². The van der Waals surface area contributed by atoms with Crippen molar-refractivity contribution in [3.63, 3.8) is 0 Å². The van der Waals surface area contributed by atoms with Crippen LogP contribution < -0.4 is 10.9 Å². The molecule has 0 aliphatic carbocycles. The second kappa shape index (κ2) is 8.46. The molecular formula is C21H15ClF3N5O2. The van der Waals surface area contributed by atoms with Crippen molar-refractivity contribution in [1.29, 1.82) is 0 Å². The van der Waals surface area contributed by atoms with Crippen molar-refractivity contribution < 1.29 is 18.0 Å². The number of nitrogens with one attached hydrogen (secondary N) is 1. The van der Waals surface area contributed by atoms with Crippen molar-refractivity contribution in [2.45, 2.75) is 19.3 Å². The first kappa shape index (κ1) is 21.6. The lowest BCUT2D eigenvalue weighted by molar-refractivity contribution is -0.137. The zero-order valence-corrected chi connectivity index (χ0v) is 17.1. The summed E-state index contributed by atoms with van der Waals surface area (Å²) < 4.78 is 41.3. The lowest BCUT2D eigenvalue weighted by atomic mass is 10.2. The number of nitrogens with zero attached hydrogens (tertiary/aromatic N) is 4. The van der Waals surface area contributed by atoms with Gasteiger partial charge in [0.2, 0.25) is 5.91 Å². The van der Waals surface area contributed by atoms with Crippen LogP contribution in [-0.4, -0.2) is 25.2 Å². The average molecular weight is 462 g/mol. The monoisotopic (exact) mass is 461 g/mol. The molecule has 4 aromatic rings. The largest absolute Gasteiger partial charge is 0.416 e. The Labute approximate surface area is 184 Å². The van der Waals surface area contributed by atoms with Crippen LogP contribution in [0.5, 0.6) is 0 Å². The molecule has 0 saturated carbocycles. The highest BCUT2D eigenvalue weighted by molar-refractivity contribution is 6.30. The second-order valence-electron chi connectivity index (χ2n) is 6.93. The molecular weight excluding hydrogens is 447 g/mol. The SMILES string of the molecule is O=C(Cn1cnc2c(cnn2-c2cccc(C(F)(F)F)c2)c1=O)NCc1cccc(Cl)c1. The summed E-state index contributed by atoms with van der Waals surface area (Å²) >= 11 is 5.91. The summed E-state index contributed by atoms with van der Waals surface area (Å²) in [4.78, 5) is 29.1. The molecule has 0 bridgehead atoms. The quantitative estimate of drug-likeness (QED) is 0.492. The third kappa shape index (κ3) is 4.50. The first-order valence-corrected chi connectivity index (χ1v) is 9.72. The van der Waals surface area contributed by atoms with Crippen molar-refractivity contribution >= 4 is 28.5 Å². The molecule has 7 nitrogen and oxygen atoms in total. The molecule has 164 valence electrons. The maximum atomic E-state index is 13.0. The Kier molecular flexibility index (Phi) is 5.70. The van der Waals surface area contributed by atoms with Gasteiger partial charge in [0.25, 0.3) is 5.56 Å². The maximum Gasteiger partial charge on any atom is 0.416 e. The van der Waals surface area contributed by atoms with Gasteiger partial charge in [-0.3, -0.25) is 14.2 Å². The summed E-state index contributed by atoms with van der Waals surface area (Å²) in [6.45, 7) is -0.0472. The van der Waals surface area contributed by atoms with E-state index in [1.54, 1.807) is 24.3 Å². The highest BCUT2D eigenvalue weighted by Crippen LogP contribution is 2.30. The zero-order chi connectivity index (χ0) is 22.9. The molecule has 2 aromatic carbocycles. The maximum absolute atomic E-state index is 13.0. The van der Waals surface area contributed by atoms with Crippen molar-refractivity contribution in [1.82, 2.24) is 24.6 Å². The van der Waals surface area contributed by atoms with E-state index in [2.05, 4.69) is 15.4 Å². The van der Waals surface area contributed by atoms with E-state index < -0.39 is 23.2 Å². The fourth-order valence-corrected chi connectivity index (χ4v) is 3.34. The topological polar surface area (TPSA) is 81.8 Å². The first-order valence-electron chi connectivity index (χ1n) is 9.34. The fraction of sp³-hybridized carbons (Fsp3) is 0.143. The number of amides is 1. The number of hydrogen-bond donors (Lipinski definition) is 1. The standard InChI is InChI=1S/C21H15ClF3N5O2/c22-15-5-1-3-13(7-15)9-26-18(31)11-29-12-27-19-17(20(29)32)10-28-30(19)16-6-2-4-14(8-16)21(23,24)25/h1-8,10,12H,9,11H2,(H,26,31). The number of carbonyl (C=O) groups is 1. The highest BCUT2D eigenvalue weighted by atomic mass is 35.5. The molecule has 1 N–H and O–H groups in total. The Bertz CT molecular complexity index is 1360. The van der Waals surface area contributed by atoms with Crippen LogP contribution in [0.15, 0.2) is 65.8 Å². The summed E-state index contributed by atoms with van der Waals surface area (Å²) in [5.74, 6) is -0.418. The van der Waals surface area contributed by atoms with Gasteiger partial charge in [0, 0.05) is 11.6 Å². The minimum absolute atomic E-state index is 0.0764. The molecule has 0 atom stereocenters. The van der Waals surface area contributed by atoms with Crippen LogP contribution in [-0.2, 0) is 24.1 Å². The van der Waals surface area contributed by atoms with Gasteiger partial charge >= 0.3 is 6.18 Å². The van der Waals surface area contributed by atoms with Gasteiger partial charge in [-0.15, -0.1) is 0 Å². The van der Waals surface area contributed by atoms with Gasteiger partial charge in [0.05, 0.1) is 17.4 Å². The predicted octanol–water partition coefficient (Wildman–Crippen LogP) is 3.57. The molecule has 0 aliphatic rings. The van der Waals surface area contributed by atoms with E-state index in [9.17, 15) is 22.8 Å². The molecule has 1 amide bonds. The Balaban J connectivity index is 1.55. The highest BCUT2D eigenvalue weighted by Gasteiger charge is 2.30. The normalized spacial score (nSPS) is 11.6. The van der Waals surface area contributed by atoms with E-state index in [4.69, 9.17) is 11.6 Å². The lowest BCUT2D eigenvalue weighted by Crippen LogP contribution is -2.32. The Morgan fingerprint density at radius 1 is 1.12 bits per heavy atom. The van der Waals surface area contributed by atoms with E-state index in [0.29, 0.717) is 5.02 Å². The number of alkyl halides is 3. The summed E-state index contributed by atoms with van der Waals surface area (Å²) in [5, 5.41) is 7.32. The molecule has 0 spiro atoms. The number of rotatable bonds is 5. The van der Waals surface area contributed by atoms with E-state index in [1.165, 1.54) is 18.3 Å². The van der Waals surface area contributed by atoms with Crippen molar-refractivity contribution in [3.05, 3.63) is 87.6 Å². The molecule has 32 heavy (non-hydrogen) atoms. The zero-order valence-electron chi connectivity index (χ0n) is 16.3. The Morgan fingerprint density at radius 3 is 2.66 bits per heavy atom. The van der Waals surface area contributed by atoms with E-state index in [0.717, 1.165) is 33.3 Å². The van der Waals surface area contributed by atoms with Gasteiger partial charge in [-0.05, 0) is 35.9 Å². The van der Waals surface area contributed by atoms with Gasteiger partial charge in [-0.2, -0.15) is 18.3 Å². The Morgan fingerprint density at radius 2 is 1.91 bits per heavy atom. The molecule has 0 fully saturated rings. The number of fused-ring (bicyclic) bond motifs is 1. The number of benzene rings is 2. The first-order chi connectivity index (χ1) is 15.2. The van der Waals surface area contributed by atoms with Crippen LogP contribution in [0.3, 0.4) is 0 Å². The molecule has 0 radical (unpaired) electrons. The summed E-state index contributed by atoms with van der Waals surface area (Å²) in [6.07, 6.45) is -2.14. The van der Waals surface area contributed by atoms with Crippen LogP contribution >= 0.6 is 11.6 Å². The molecule has 0 aliphatic heterocycles. The van der Waals surface area contributed by atoms with Crippen LogP contribution in [0.2, 0.25) is 5.02 Å². The summed E-state index contributed by atoms with van der Waals surface area (Å²) in [6, 6.07) is 11.5. The van der Waals surface area contributed by atoms with Gasteiger partial charge in [-0.25, -0.2) is 9.67 Å². The van der Waals surface area contributed by atoms with Crippen molar-refractivity contribution in [2.24, 2.45) is 0 Å². The minimum atomic E-state index is -4.52. The Hall–Kier alpha value is -3.66. The second-order valence-corrected chi connectivity index (χ2v) is 7.36. The predicted molar refractivity (Wildman–Crippen MR) is 111 cm³/mol. The van der Waals surface area contributed by atoms with Gasteiger partial charge in [0.1, 0.15) is 18.3 Å². The molecule has 2 heterocycles. The third-order valence-corrected chi connectivity index (χ3v) is 4.90. The van der Waals surface area contributed by atoms with E-state index in [-0.39, 0.29) is 29.8 Å². The average Bonchev–Trinajstić information content (AvgIpc) is 3.19. The smallest absolute Gasteiger partial charge is 0.350 e. The van der Waals surface area contributed by atoms with Crippen LogP contribution in [0, 0.1) is 0 Å². The minimum Gasteiger partial charge on any atom is -0.350 e. The van der Waals surface area contributed by atoms with Crippen molar-refractivity contribution in [2.75, 3.05) is 0 Å². The van der Waals surface area contributed by atoms with E-state index in [1.807, 2.05) is 0 Å². The number of halogens is 4. The third-order valence-electron chi connectivity index (χ3n) is 4.67. The van der Waals surface area contributed by atoms with Gasteiger partial charge in [0.15, 0.2) is 5.65 Å². The molecule has 0 saturated heterocycles. The van der Waals surface area contributed by atoms with Crippen LogP contribution in [0.1, 0.15) is 11.1 Å². The number of aromatic nitrogens is 4. The molecule has 11 heteroatoms. The molecule has 4 rings (SSSR count). The molecule has 2 aromatic heterocycles. The fourth-order valence-electron chi connectivity index (χ4n) is 3.12.